The molecule has 19 heavy (non-hydrogen) atoms. The smallest absolute Gasteiger partial charge is 0.338 e. The number of nitrogens with zero attached hydrogens (tertiary/aromatic N) is 1. The van der Waals surface area contributed by atoms with Gasteiger partial charge in [0.1, 0.15) is 0 Å². The van der Waals surface area contributed by atoms with E-state index < -0.39 is 10.9 Å². The van der Waals surface area contributed by atoms with Crippen LogP contribution in [-0.4, -0.2) is 22.5 Å². The molecule has 1 aromatic carbocycles. The molecule has 1 aliphatic rings. The van der Waals surface area contributed by atoms with E-state index in [4.69, 9.17) is 5.11 Å². The van der Waals surface area contributed by atoms with Crippen LogP contribution in [0.2, 0.25) is 0 Å². The van der Waals surface area contributed by atoms with Crippen molar-refractivity contribution >= 4 is 17.3 Å². The van der Waals surface area contributed by atoms with Crippen molar-refractivity contribution in [3.63, 3.8) is 0 Å². The molecule has 0 atom stereocenters. The summed E-state index contributed by atoms with van der Waals surface area (Å²) in [5, 5.41) is 22.9. The van der Waals surface area contributed by atoms with E-state index >= 15 is 0 Å². The van der Waals surface area contributed by atoms with Crippen molar-refractivity contribution in [1.82, 2.24) is 0 Å². The molecule has 1 aromatic rings. The number of rotatable bonds is 5. The molecule has 6 heteroatoms. The van der Waals surface area contributed by atoms with Crippen LogP contribution in [0.1, 0.15) is 36.5 Å². The Balaban J connectivity index is 2.19. The average Bonchev–Trinajstić information content (AvgIpc) is 2.33. The highest BCUT2D eigenvalue weighted by Crippen LogP contribution is 2.40. The van der Waals surface area contributed by atoms with Crippen LogP contribution in [0, 0.1) is 15.5 Å². The summed E-state index contributed by atoms with van der Waals surface area (Å²) in [7, 11) is 0. The molecular weight excluding hydrogens is 248 g/mol. The molecule has 0 unspecified atom stereocenters. The molecule has 102 valence electrons. The van der Waals surface area contributed by atoms with Gasteiger partial charge in [0.05, 0.1) is 10.5 Å². The van der Waals surface area contributed by atoms with Gasteiger partial charge >= 0.3 is 5.97 Å². The van der Waals surface area contributed by atoms with Crippen LogP contribution in [0.25, 0.3) is 0 Å². The van der Waals surface area contributed by atoms with Crippen molar-refractivity contribution in [1.29, 1.82) is 0 Å². The Hall–Kier alpha value is -2.11. The molecule has 0 heterocycles. The highest BCUT2D eigenvalue weighted by molar-refractivity contribution is 5.95. The summed E-state index contributed by atoms with van der Waals surface area (Å²) in [5.41, 5.74) is 0.374. The summed E-state index contributed by atoms with van der Waals surface area (Å²) < 4.78 is 0. The Labute approximate surface area is 110 Å². The molecule has 0 spiro atoms. The highest BCUT2D eigenvalue weighted by Gasteiger charge is 2.31. The number of benzene rings is 1. The van der Waals surface area contributed by atoms with Crippen LogP contribution >= 0.6 is 0 Å². The van der Waals surface area contributed by atoms with Gasteiger partial charge in [-0.05, 0) is 24.3 Å². The third-order valence-corrected chi connectivity index (χ3v) is 3.71. The first kappa shape index (κ1) is 13.3. The van der Waals surface area contributed by atoms with E-state index in [1.165, 1.54) is 18.6 Å². The Kier molecular flexibility index (Phi) is 3.42. The summed E-state index contributed by atoms with van der Waals surface area (Å²) >= 11 is 0. The van der Waals surface area contributed by atoms with Crippen molar-refractivity contribution in [2.75, 3.05) is 11.9 Å². The van der Waals surface area contributed by atoms with Gasteiger partial charge in [0.2, 0.25) is 0 Å². The van der Waals surface area contributed by atoms with Crippen molar-refractivity contribution in [2.45, 2.75) is 26.2 Å². The van der Waals surface area contributed by atoms with E-state index in [1.54, 1.807) is 0 Å². The predicted molar refractivity (Wildman–Crippen MR) is 70.5 cm³/mol. The first-order chi connectivity index (χ1) is 8.91. The average molecular weight is 264 g/mol. The van der Waals surface area contributed by atoms with E-state index in [0.29, 0.717) is 12.2 Å². The largest absolute Gasteiger partial charge is 0.478 e. The number of carbonyl (C=O) groups is 1. The Morgan fingerprint density at radius 2 is 2.21 bits per heavy atom. The topological polar surface area (TPSA) is 92.5 Å². The summed E-state index contributed by atoms with van der Waals surface area (Å²) in [4.78, 5) is 21.2. The van der Waals surface area contributed by atoms with Gasteiger partial charge in [-0.25, -0.2) is 4.79 Å². The van der Waals surface area contributed by atoms with E-state index in [0.717, 1.165) is 18.9 Å². The van der Waals surface area contributed by atoms with Crippen LogP contribution in [0.4, 0.5) is 11.4 Å². The minimum Gasteiger partial charge on any atom is -0.478 e. The molecule has 2 rings (SSSR count). The van der Waals surface area contributed by atoms with Crippen molar-refractivity contribution < 1.29 is 14.8 Å². The number of nitro groups is 1. The Morgan fingerprint density at radius 1 is 1.53 bits per heavy atom. The van der Waals surface area contributed by atoms with Gasteiger partial charge in [-0.1, -0.05) is 13.3 Å². The minimum absolute atomic E-state index is 0.0582. The number of hydrogen-bond acceptors (Lipinski definition) is 4. The number of carboxylic acid groups (broad SMARTS) is 1. The number of non-ortho nitro benzene ring substituents is 1. The molecule has 6 nitrogen and oxygen atoms in total. The maximum Gasteiger partial charge on any atom is 0.338 e. The summed E-state index contributed by atoms with van der Waals surface area (Å²) in [6, 6.07) is 3.87. The zero-order valence-corrected chi connectivity index (χ0v) is 10.7. The molecule has 2 N–H and O–H groups in total. The molecule has 0 aliphatic heterocycles. The number of carboxylic acids is 1. The molecule has 0 bridgehead atoms. The third-order valence-electron chi connectivity index (χ3n) is 3.71. The second-order valence-corrected chi connectivity index (χ2v) is 5.31. The van der Waals surface area contributed by atoms with Crippen LogP contribution in [-0.2, 0) is 0 Å². The molecule has 0 aromatic heterocycles. The number of nitro benzene ring substituents is 1. The number of anilines is 1. The van der Waals surface area contributed by atoms with Gasteiger partial charge < -0.3 is 10.4 Å². The maximum absolute atomic E-state index is 11.1. The van der Waals surface area contributed by atoms with Crippen LogP contribution in [0.15, 0.2) is 18.2 Å². The second-order valence-electron chi connectivity index (χ2n) is 5.31. The van der Waals surface area contributed by atoms with Crippen LogP contribution in [0.5, 0.6) is 0 Å². The molecule has 1 saturated carbocycles. The Morgan fingerprint density at radius 3 is 2.68 bits per heavy atom. The van der Waals surface area contributed by atoms with Crippen molar-refractivity contribution in [3.8, 4) is 0 Å². The van der Waals surface area contributed by atoms with Crippen LogP contribution < -0.4 is 5.32 Å². The van der Waals surface area contributed by atoms with Gasteiger partial charge in [0, 0.05) is 24.4 Å². The van der Waals surface area contributed by atoms with E-state index in [-0.39, 0.29) is 16.7 Å². The van der Waals surface area contributed by atoms with Crippen molar-refractivity contribution in [2.24, 2.45) is 5.41 Å². The lowest BCUT2D eigenvalue weighted by Gasteiger charge is -2.38. The summed E-state index contributed by atoms with van der Waals surface area (Å²) in [6.07, 6.45) is 3.44. The van der Waals surface area contributed by atoms with E-state index in [9.17, 15) is 14.9 Å². The number of aromatic carboxylic acids is 1. The molecule has 0 radical (unpaired) electrons. The number of hydrogen-bond donors (Lipinski definition) is 2. The van der Waals surface area contributed by atoms with Crippen molar-refractivity contribution in [3.05, 3.63) is 33.9 Å². The van der Waals surface area contributed by atoms with Gasteiger partial charge in [0.25, 0.3) is 5.69 Å². The highest BCUT2D eigenvalue weighted by atomic mass is 16.6. The normalized spacial score (nSPS) is 16.5. The molecule has 0 amide bonds. The fourth-order valence-electron chi connectivity index (χ4n) is 2.24. The lowest BCUT2D eigenvalue weighted by molar-refractivity contribution is -0.384. The summed E-state index contributed by atoms with van der Waals surface area (Å²) in [6.45, 7) is 2.83. The monoisotopic (exact) mass is 264 g/mol. The fraction of sp³-hybridized carbons (Fsp3) is 0.462. The first-order valence-electron chi connectivity index (χ1n) is 6.17. The standard InChI is InChI=1S/C13H16N2O4/c1-13(5-2-6-13)8-14-11-4-3-9(15(18)19)7-10(11)12(16)17/h3-4,7,14H,2,5-6,8H2,1H3,(H,16,17). The zero-order chi connectivity index (χ0) is 14.0. The SMILES string of the molecule is CC1(CNc2ccc([N+](=O)[O-])cc2C(=O)O)CCC1. The summed E-state index contributed by atoms with van der Waals surface area (Å²) in [5.74, 6) is -1.16. The Bertz CT molecular complexity index is 523. The lowest BCUT2D eigenvalue weighted by Crippen LogP contribution is -2.33. The number of nitrogens with one attached hydrogen (secondary N) is 1. The van der Waals surface area contributed by atoms with E-state index in [1.807, 2.05) is 0 Å². The second kappa shape index (κ2) is 4.87. The van der Waals surface area contributed by atoms with Gasteiger partial charge in [0.15, 0.2) is 0 Å². The zero-order valence-electron chi connectivity index (χ0n) is 10.7. The molecule has 1 aliphatic carbocycles. The molecular formula is C13H16N2O4. The molecule has 0 saturated heterocycles. The first-order valence-corrected chi connectivity index (χ1v) is 6.17. The minimum atomic E-state index is -1.16. The van der Waals surface area contributed by atoms with Gasteiger partial charge in [-0.3, -0.25) is 10.1 Å². The lowest BCUT2D eigenvalue weighted by atomic mass is 9.70. The molecule has 1 fully saturated rings. The fourth-order valence-corrected chi connectivity index (χ4v) is 2.24. The van der Waals surface area contributed by atoms with Crippen LogP contribution in [0.3, 0.4) is 0 Å². The quantitative estimate of drug-likeness (QED) is 0.630. The van der Waals surface area contributed by atoms with Gasteiger partial charge in [-0.2, -0.15) is 0 Å². The third kappa shape index (κ3) is 2.83. The predicted octanol–water partition coefficient (Wildman–Crippen LogP) is 2.90. The van der Waals surface area contributed by atoms with Gasteiger partial charge in [-0.15, -0.1) is 0 Å². The maximum atomic E-state index is 11.1. The van der Waals surface area contributed by atoms with E-state index in [2.05, 4.69) is 12.2 Å².